The maximum atomic E-state index is 13.1. The molecular formula is C25H26N2O3. The zero-order valence-electron chi connectivity index (χ0n) is 17.5. The van der Waals surface area contributed by atoms with Crippen molar-refractivity contribution in [2.24, 2.45) is 0 Å². The minimum Gasteiger partial charge on any atom is -0.497 e. The van der Waals surface area contributed by atoms with Gasteiger partial charge in [0.15, 0.2) is 0 Å². The number of aryl methyl sites for hydroxylation is 1. The van der Waals surface area contributed by atoms with Gasteiger partial charge >= 0.3 is 0 Å². The molecule has 5 heteroatoms. The van der Waals surface area contributed by atoms with Gasteiger partial charge in [-0.05, 0) is 61.4 Å². The molecule has 2 amide bonds. The molecule has 3 aromatic rings. The van der Waals surface area contributed by atoms with E-state index in [0.717, 1.165) is 16.9 Å². The van der Waals surface area contributed by atoms with Gasteiger partial charge in [-0.2, -0.15) is 0 Å². The second kappa shape index (κ2) is 9.74. The van der Waals surface area contributed by atoms with Gasteiger partial charge in [0, 0.05) is 29.9 Å². The number of anilines is 1. The Balaban J connectivity index is 1.77. The Kier molecular flexibility index (Phi) is 6.86. The zero-order valence-corrected chi connectivity index (χ0v) is 17.5. The lowest BCUT2D eigenvalue weighted by atomic mass is 10.1. The van der Waals surface area contributed by atoms with Crippen LogP contribution < -0.4 is 10.1 Å². The number of nitrogens with one attached hydrogen (secondary N) is 1. The first-order chi connectivity index (χ1) is 14.5. The number of methoxy groups -OCH3 is 1. The number of nitrogens with zero attached hydrogens (tertiary/aromatic N) is 1. The lowest BCUT2D eigenvalue weighted by molar-refractivity contribution is 0.0752. The fourth-order valence-electron chi connectivity index (χ4n) is 3.13. The van der Waals surface area contributed by atoms with Crippen molar-refractivity contribution in [2.45, 2.75) is 20.4 Å². The number of amides is 2. The highest BCUT2D eigenvalue weighted by molar-refractivity contribution is 6.05. The molecule has 0 aliphatic heterocycles. The standard InChI is InChI=1S/C25H26N2O3/c1-4-27(17-19-11-14-22(30-3)15-12-19)25(29)21-13-10-18(2)23(16-21)26-24(28)20-8-6-5-7-9-20/h5-16H,4,17H2,1-3H3,(H,26,28). The van der Waals surface area contributed by atoms with Gasteiger partial charge < -0.3 is 15.0 Å². The van der Waals surface area contributed by atoms with Crippen LogP contribution in [0, 0.1) is 6.92 Å². The predicted molar refractivity (Wildman–Crippen MR) is 119 cm³/mol. The molecule has 0 saturated carbocycles. The summed E-state index contributed by atoms with van der Waals surface area (Å²) in [7, 11) is 1.63. The second-order valence-corrected chi connectivity index (χ2v) is 7.02. The lowest BCUT2D eigenvalue weighted by Crippen LogP contribution is -2.30. The first kappa shape index (κ1) is 21.1. The molecule has 0 atom stereocenters. The van der Waals surface area contributed by atoms with E-state index >= 15 is 0 Å². The van der Waals surface area contributed by atoms with E-state index in [4.69, 9.17) is 4.74 Å². The third-order valence-corrected chi connectivity index (χ3v) is 4.97. The summed E-state index contributed by atoms with van der Waals surface area (Å²) in [5.74, 6) is 0.503. The molecular weight excluding hydrogens is 376 g/mol. The summed E-state index contributed by atoms with van der Waals surface area (Å²) in [6, 6.07) is 22.1. The van der Waals surface area contributed by atoms with Crippen LogP contribution in [0.25, 0.3) is 0 Å². The largest absolute Gasteiger partial charge is 0.497 e. The molecule has 0 saturated heterocycles. The summed E-state index contributed by atoms with van der Waals surface area (Å²) in [5.41, 5.74) is 3.67. The van der Waals surface area contributed by atoms with Crippen LogP contribution in [0.2, 0.25) is 0 Å². The highest BCUT2D eigenvalue weighted by Crippen LogP contribution is 2.20. The highest BCUT2D eigenvalue weighted by atomic mass is 16.5. The SMILES string of the molecule is CCN(Cc1ccc(OC)cc1)C(=O)c1ccc(C)c(NC(=O)c2ccccc2)c1. The van der Waals surface area contributed by atoms with Gasteiger partial charge in [0.2, 0.25) is 0 Å². The Morgan fingerprint density at radius 1 is 0.933 bits per heavy atom. The van der Waals surface area contributed by atoms with Crippen molar-refractivity contribution >= 4 is 17.5 Å². The van der Waals surface area contributed by atoms with Crippen LogP contribution in [0.3, 0.4) is 0 Å². The number of rotatable bonds is 7. The molecule has 3 rings (SSSR count). The average Bonchev–Trinajstić information content (AvgIpc) is 2.79. The van der Waals surface area contributed by atoms with Crippen molar-refractivity contribution < 1.29 is 14.3 Å². The van der Waals surface area contributed by atoms with E-state index in [2.05, 4.69) is 5.32 Å². The summed E-state index contributed by atoms with van der Waals surface area (Å²) in [6.07, 6.45) is 0. The fourth-order valence-corrected chi connectivity index (χ4v) is 3.13. The first-order valence-electron chi connectivity index (χ1n) is 9.91. The molecule has 1 N–H and O–H groups in total. The maximum Gasteiger partial charge on any atom is 0.255 e. The number of hydrogen-bond acceptors (Lipinski definition) is 3. The topological polar surface area (TPSA) is 58.6 Å². The lowest BCUT2D eigenvalue weighted by Gasteiger charge is -2.22. The predicted octanol–water partition coefficient (Wildman–Crippen LogP) is 4.92. The molecule has 0 bridgehead atoms. The normalized spacial score (nSPS) is 10.4. The van der Waals surface area contributed by atoms with Crippen molar-refractivity contribution in [3.63, 3.8) is 0 Å². The fraction of sp³-hybridized carbons (Fsp3) is 0.200. The van der Waals surface area contributed by atoms with Crippen LogP contribution in [0.4, 0.5) is 5.69 Å². The van der Waals surface area contributed by atoms with Gasteiger partial charge in [-0.1, -0.05) is 36.4 Å². The van der Waals surface area contributed by atoms with Crippen LogP contribution in [0.5, 0.6) is 5.75 Å². The number of carbonyl (C=O) groups excluding carboxylic acids is 2. The second-order valence-electron chi connectivity index (χ2n) is 7.02. The third-order valence-electron chi connectivity index (χ3n) is 4.97. The molecule has 30 heavy (non-hydrogen) atoms. The van der Waals surface area contributed by atoms with Crippen molar-refractivity contribution in [1.82, 2.24) is 4.90 Å². The van der Waals surface area contributed by atoms with Crippen molar-refractivity contribution in [3.8, 4) is 5.75 Å². The molecule has 0 aliphatic carbocycles. The summed E-state index contributed by atoms with van der Waals surface area (Å²) < 4.78 is 5.19. The molecule has 0 aliphatic rings. The van der Waals surface area contributed by atoms with Gasteiger partial charge in [-0.3, -0.25) is 9.59 Å². The van der Waals surface area contributed by atoms with E-state index in [0.29, 0.717) is 29.9 Å². The van der Waals surface area contributed by atoms with Gasteiger partial charge in [-0.25, -0.2) is 0 Å². The van der Waals surface area contributed by atoms with Gasteiger partial charge in [-0.15, -0.1) is 0 Å². The van der Waals surface area contributed by atoms with E-state index in [-0.39, 0.29) is 11.8 Å². The minimum atomic E-state index is -0.200. The van der Waals surface area contributed by atoms with Gasteiger partial charge in [0.1, 0.15) is 5.75 Å². The number of hydrogen-bond donors (Lipinski definition) is 1. The minimum absolute atomic E-state index is 0.0801. The average molecular weight is 402 g/mol. The van der Waals surface area contributed by atoms with E-state index in [1.165, 1.54) is 0 Å². The molecule has 154 valence electrons. The Morgan fingerprint density at radius 3 is 2.27 bits per heavy atom. The summed E-state index contributed by atoms with van der Waals surface area (Å²) in [5, 5.41) is 2.92. The third kappa shape index (κ3) is 5.06. The Bertz CT molecular complexity index is 1010. The van der Waals surface area contributed by atoms with Crippen LogP contribution in [0.15, 0.2) is 72.8 Å². The molecule has 0 unspecified atom stereocenters. The summed E-state index contributed by atoms with van der Waals surface area (Å²) in [6.45, 7) is 4.93. The van der Waals surface area contributed by atoms with E-state index < -0.39 is 0 Å². The van der Waals surface area contributed by atoms with Crippen molar-refractivity contribution in [2.75, 3.05) is 19.0 Å². The molecule has 0 aromatic heterocycles. The van der Waals surface area contributed by atoms with Gasteiger partial charge in [0.25, 0.3) is 11.8 Å². The van der Waals surface area contributed by atoms with E-state index in [9.17, 15) is 9.59 Å². The summed E-state index contributed by atoms with van der Waals surface area (Å²) in [4.78, 5) is 27.4. The highest BCUT2D eigenvalue weighted by Gasteiger charge is 2.17. The molecule has 0 spiro atoms. The Labute approximate surface area is 177 Å². The maximum absolute atomic E-state index is 13.1. The number of carbonyl (C=O) groups is 2. The van der Waals surface area contributed by atoms with Crippen molar-refractivity contribution in [1.29, 1.82) is 0 Å². The van der Waals surface area contributed by atoms with E-state index in [1.807, 2.05) is 62.4 Å². The molecule has 0 fully saturated rings. The van der Waals surface area contributed by atoms with Crippen LogP contribution in [-0.4, -0.2) is 30.4 Å². The van der Waals surface area contributed by atoms with E-state index in [1.54, 1.807) is 36.3 Å². The molecule has 3 aromatic carbocycles. The van der Waals surface area contributed by atoms with Crippen molar-refractivity contribution in [3.05, 3.63) is 95.1 Å². The monoisotopic (exact) mass is 402 g/mol. The Hall–Kier alpha value is -3.60. The molecule has 0 radical (unpaired) electrons. The number of ether oxygens (including phenoxy) is 1. The smallest absolute Gasteiger partial charge is 0.255 e. The molecule has 0 heterocycles. The quantitative estimate of drug-likeness (QED) is 0.610. The number of benzene rings is 3. The zero-order chi connectivity index (χ0) is 21.5. The Morgan fingerprint density at radius 2 is 1.63 bits per heavy atom. The van der Waals surface area contributed by atoms with Crippen LogP contribution in [0.1, 0.15) is 38.8 Å². The van der Waals surface area contributed by atoms with Gasteiger partial charge in [0.05, 0.1) is 7.11 Å². The summed E-state index contributed by atoms with van der Waals surface area (Å²) >= 11 is 0. The van der Waals surface area contributed by atoms with Crippen LogP contribution >= 0.6 is 0 Å². The van der Waals surface area contributed by atoms with Crippen LogP contribution in [-0.2, 0) is 6.54 Å². The first-order valence-corrected chi connectivity index (χ1v) is 9.91. The molecule has 5 nitrogen and oxygen atoms in total.